The van der Waals surface area contributed by atoms with Gasteiger partial charge in [0.2, 0.25) is 6.23 Å². The second-order valence-electron chi connectivity index (χ2n) is 8.51. The van der Waals surface area contributed by atoms with Crippen molar-refractivity contribution >= 4 is 5.71 Å². The fourth-order valence-electron chi connectivity index (χ4n) is 4.48. The summed E-state index contributed by atoms with van der Waals surface area (Å²) >= 11 is 0. The van der Waals surface area contributed by atoms with Crippen molar-refractivity contribution in [3.63, 3.8) is 0 Å². The molecule has 0 spiro atoms. The second-order valence-corrected chi connectivity index (χ2v) is 8.51. The molecule has 2 heterocycles. The molecule has 3 aromatic carbocycles. The Labute approximate surface area is 195 Å². The molecule has 0 aliphatic carbocycles. The predicted molar refractivity (Wildman–Crippen MR) is 130 cm³/mol. The third-order valence-electron chi connectivity index (χ3n) is 6.30. The van der Waals surface area contributed by atoms with Crippen LogP contribution in [0.1, 0.15) is 61.6 Å². The third-order valence-corrected chi connectivity index (χ3v) is 6.30. The maximum atomic E-state index is 6.46. The number of unbranched alkanes of at least 4 members (excludes halogenated alkanes) is 2. The molecule has 2 atom stereocenters. The van der Waals surface area contributed by atoms with Crippen LogP contribution in [0.4, 0.5) is 0 Å². The highest BCUT2D eigenvalue weighted by atomic mass is 16.5. The summed E-state index contributed by atoms with van der Waals surface area (Å²) in [5.41, 5.74) is 4.41. The van der Waals surface area contributed by atoms with E-state index in [0.717, 1.165) is 53.5 Å². The summed E-state index contributed by atoms with van der Waals surface area (Å²) in [6.45, 7) is 2.95. The Balaban J connectivity index is 1.41. The van der Waals surface area contributed by atoms with Gasteiger partial charge in [0.1, 0.15) is 17.2 Å². The topological polar surface area (TPSA) is 43.3 Å². The highest BCUT2D eigenvalue weighted by Gasteiger charge is 2.40. The monoisotopic (exact) mass is 442 g/mol. The van der Waals surface area contributed by atoms with E-state index in [4.69, 9.17) is 19.3 Å². The summed E-state index contributed by atoms with van der Waals surface area (Å²) in [7, 11) is 1.68. The van der Waals surface area contributed by atoms with Gasteiger partial charge in [-0.15, -0.1) is 0 Å². The first-order valence-corrected chi connectivity index (χ1v) is 11.8. The molecular formula is C28H30N2O3. The molecule has 5 heteroatoms. The summed E-state index contributed by atoms with van der Waals surface area (Å²) in [4.78, 5) is 0. The zero-order valence-corrected chi connectivity index (χ0v) is 19.2. The molecule has 2 aliphatic heterocycles. The lowest BCUT2D eigenvalue weighted by Crippen LogP contribution is -2.33. The molecule has 0 radical (unpaired) electrons. The SMILES string of the molecule is CCCCCOc1ccc([C@@H]2Oc3ccccc3[C@H]3CC(c4ccc(OC)cc4)=NN32)cc1. The van der Waals surface area contributed by atoms with E-state index in [9.17, 15) is 0 Å². The number of benzene rings is 3. The number of methoxy groups -OCH3 is 1. The van der Waals surface area contributed by atoms with E-state index in [0.29, 0.717) is 0 Å². The van der Waals surface area contributed by atoms with Gasteiger partial charge in [-0.25, -0.2) is 5.01 Å². The van der Waals surface area contributed by atoms with Crippen LogP contribution in [0.5, 0.6) is 17.2 Å². The molecule has 0 N–H and O–H groups in total. The summed E-state index contributed by atoms with van der Waals surface area (Å²) in [5.74, 6) is 2.67. The lowest BCUT2D eigenvalue weighted by atomic mass is 9.96. The number of nitrogens with zero attached hydrogens (tertiary/aromatic N) is 2. The first-order chi connectivity index (χ1) is 16.3. The summed E-state index contributed by atoms with van der Waals surface area (Å²) in [5, 5.41) is 7.15. The molecule has 0 bridgehead atoms. The van der Waals surface area contributed by atoms with Gasteiger partial charge >= 0.3 is 0 Å². The molecule has 5 nitrogen and oxygen atoms in total. The Morgan fingerprint density at radius 2 is 1.70 bits per heavy atom. The van der Waals surface area contributed by atoms with Gasteiger partial charge < -0.3 is 14.2 Å². The van der Waals surface area contributed by atoms with Gasteiger partial charge in [-0.2, -0.15) is 5.10 Å². The molecule has 0 saturated heterocycles. The van der Waals surface area contributed by atoms with Crippen molar-refractivity contribution in [2.45, 2.75) is 44.9 Å². The van der Waals surface area contributed by atoms with E-state index in [-0.39, 0.29) is 12.3 Å². The molecule has 0 fully saturated rings. The highest BCUT2D eigenvalue weighted by molar-refractivity contribution is 6.02. The molecule has 170 valence electrons. The first-order valence-electron chi connectivity index (χ1n) is 11.8. The van der Waals surface area contributed by atoms with E-state index in [1.54, 1.807) is 7.11 Å². The molecule has 0 aromatic heterocycles. The van der Waals surface area contributed by atoms with Crippen LogP contribution in [-0.4, -0.2) is 24.4 Å². The summed E-state index contributed by atoms with van der Waals surface area (Å²) < 4.78 is 17.7. The molecule has 3 aromatic rings. The maximum absolute atomic E-state index is 6.46. The number of para-hydroxylation sites is 1. The predicted octanol–water partition coefficient (Wildman–Crippen LogP) is 6.51. The van der Waals surface area contributed by atoms with Crippen molar-refractivity contribution in [2.75, 3.05) is 13.7 Å². The van der Waals surface area contributed by atoms with Gasteiger partial charge in [-0.3, -0.25) is 0 Å². The molecule has 0 unspecified atom stereocenters. The average Bonchev–Trinajstić information content (AvgIpc) is 3.32. The standard InChI is InChI=1S/C28H30N2O3/c1-3-4-7-18-32-23-16-12-21(13-17-23)28-30-26(24-8-5-6-9-27(24)33-28)19-25(29-30)20-10-14-22(31-2)15-11-20/h5-6,8-17,26,28H,3-4,7,18-19H2,1-2H3/t26-,28+/m1/s1. The van der Waals surface area contributed by atoms with Crippen LogP contribution < -0.4 is 14.2 Å². The molecule has 5 rings (SSSR count). The fourth-order valence-corrected chi connectivity index (χ4v) is 4.48. The minimum Gasteiger partial charge on any atom is -0.497 e. The lowest BCUT2D eigenvalue weighted by molar-refractivity contribution is -0.0190. The van der Waals surface area contributed by atoms with Gasteiger partial charge in [-0.1, -0.05) is 38.0 Å². The average molecular weight is 443 g/mol. The number of hydrazone groups is 1. The lowest BCUT2D eigenvalue weighted by Gasteiger charge is -2.38. The van der Waals surface area contributed by atoms with Crippen molar-refractivity contribution in [3.8, 4) is 17.2 Å². The molecular weight excluding hydrogens is 412 g/mol. The van der Waals surface area contributed by atoms with E-state index in [1.165, 1.54) is 18.4 Å². The zero-order chi connectivity index (χ0) is 22.6. The minimum absolute atomic E-state index is 0.141. The first kappa shape index (κ1) is 21.4. The number of hydrogen-bond donors (Lipinski definition) is 0. The van der Waals surface area contributed by atoms with Crippen molar-refractivity contribution in [3.05, 3.63) is 89.5 Å². The number of ether oxygens (including phenoxy) is 3. The molecule has 2 aliphatic rings. The summed E-state index contributed by atoms with van der Waals surface area (Å²) in [6, 6.07) is 24.8. The molecule has 0 amide bonds. The van der Waals surface area contributed by atoms with Crippen molar-refractivity contribution < 1.29 is 14.2 Å². The molecule has 33 heavy (non-hydrogen) atoms. The third kappa shape index (κ3) is 4.40. The van der Waals surface area contributed by atoms with Crippen LogP contribution in [0.3, 0.4) is 0 Å². The van der Waals surface area contributed by atoms with Crippen molar-refractivity contribution in [1.82, 2.24) is 5.01 Å². The number of hydrogen-bond acceptors (Lipinski definition) is 5. The van der Waals surface area contributed by atoms with Crippen LogP contribution in [0, 0.1) is 0 Å². The van der Waals surface area contributed by atoms with Gasteiger partial charge in [0.05, 0.1) is 25.5 Å². The van der Waals surface area contributed by atoms with Crippen LogP contribution in [0.2, 0.25) is 0 Å². The zero-order valence-electron chi connectivity index (χ0n) is 19.2. The Kier molecular flexibility index (Phi) is 6.20. The smallest absolute Gasteiger partial charge is 0.213 e. The van der Waals surface area contributed by atoms with E-state index in [1.807, 2.05) is 30.3 Å². The highest BCUT2D eigenvalue weighted by Crippen LogP contribution is 2.47. The van der Waals surface area contributed by atoms with Crippen LogP contribution in [-0.2, 0) is 0 Å². The number of rotatable bonds is 8. The Morgan fingerprint density at radius 3 is 2.45 bits per heavy atom. The van der Waals surface area contributed by atoms with E-state index < -0.39 is 0 Å². The molecule has 0 saturated carbocycles. The van der Waals surface area contributed by atoms with Gasteiger partial charge in [-0.05, 0) is 66.6 Å². The Hall–Kier alpha value is -3.47. The normalized spacial score (nSPS) is 18.7. The van der Waals surface area contributed by atoms with Crippen molar-refractivity contribution in [1.29, 1.82) is 0 Å². The van der Waals surface area contributed by atoms with Gasteiger partial charge in [0.25, 0.3) is 0 Å². The van der Waals surface area contributed by atoms with Crippen LogP contribution in [0.25, 0.3) is 0 Å². The maximum Gasteiger partial charge on any atom is 0.213 e. The number of fused-ring (bicyclic) bond motifs is 3. The van der Waals surface area contributed by atoms with Crippen LogP contribution >= 0.6 is 0 Å². The van der Waals surface area contributed by atoms with E-state index in [2.05, 4.69) is 54.4 Å². The van der Waals surface area contributed by atoms with Crippen LogP contribution in [0.15, 0.2) is 77.9 Å². The Bertz CT molecular complexity index is 1110. The van der Waals surface area contributed by atoms with Gasteiger partial charge in [0.15, 0.2) is 0 Å². The summed E-state index contributed by atoms with van der Waals surface area (Å²) in [6.07, 6.45) is 4.02. The van der Waals surface area contributed by atoms with Gasteiger partial charge in [0, 0.05) is 17.5 Å². The minimum atomic E-state index is -0.283. The van der Waals surface area contributed by atoms with E-state index >= 15 is 0 Å². The quantitative estimate of drug-likeness (QED) is 0.373. The Morgan fingerprint density at radius 1 is 0.939 bits per heavy atom. The second kappa shape index (κ2) is 9.57. The fraction of sp³-hybridized carbons (Fsp3) is 0.321. The largest absolute Gasteiger partial charge is 0.497 e. The van der Waals surface area contributed by atoms with Crippen molar-refractivity contribution in [2.24, 2.45) is 5.10 Å².